The molecule has 1 atom stereocenters. The Morgan fingerprint density at radius 2 is 2.09 bits per heavy atom. The quantitative estimate of drug-likeness (QED) is 0.787. The van der Waals surface area contributed by atoms with Gasteiger partial charge in [-0.3, -0.25) is 9.78 Å². The van der Waals surface area contributed by atoms with E-state index in [1.54, 1.807) is 39.1 Å². The lowest BCUT2D eigenvalue weighted by molar-refractivity contribution is 0.0902. The van der Waals surface area contributed by atoms with E-state index in [0.29, 0.717) is 23.1 Å². The number of aromatic nitrogens is 4. The second kappa shape index (κ2) is 5.99. The first-order valence-electron chi connectivity index (χ1n) is 7.04. The monoisotopic (exact) mass is 313 g/mol. The number of rotatable bonds is 4. The van der Waals surface area contributed by atoms with Gasteiger partial charge in [0.25, 0.3) is 5.91 Å². The van der Waals surface area contributed by atoms with E-state index in [1.165, 1.54) is 0 Å². The SMILES string of the molecule is Cc1nc(C)c(C(=O)N[C@H](C)c2nc(-c3ccccn3)no2)o1. The lowest BCUT2D eigenvalue weighted by Crippen LogP contribution is -2.27. The highest BCUT2D eigenvalue weighted by molar-refractivity contribution is 5.92. The standard InChI is InChI=1S/C15H15N5O3/c1-8-12(22-10(3)17-8)14(21)18-9(2)15-19-13(20-23-15)11-6-4-5-7-16-11/h4-7,9H,1-3H3,(H,18,21)/t9-/m1/s1. The highest BCUT2D eigenvalue weighted by atomic mass is 16.5. The average molecular weight is 313 g/mol. The van der Waals surface area contributed by atoms with E-state index in [0.717, 1.165) is 0 Å². The molecule has 0 aliphatic carbocycles. The van der Waals surface area contributed by atoms with E-state index in [1.807, 2.05) is 6.07 Å². The Kier molecular flexibility index (Phi) is 3.88. The maximum absolute atomic E-state index is 12.2. The van der Waals surface area contributed by atoms with Crippen LogP contribution in [0.15, 0.2) is 33.3 Å². The number of nitrogens with one attached hydrogen (secondary N) is 1. The zero-order valence-electron chi connectivity index (χ0n) is 12.9. The number of hydrogen-bond donors (Lipinski definition) is 1. The number of carbonyl (C=O) groups excluding carboxylic acids is 1. The second-order valence-electron chi connectivity index (χ2n) is 5.01. The van der Waals surface area contributed by atoms with E-state index in [-0.39, 0.29) is 17.6 Å². The molecule has 1 amide bonds. The first kappa shape index (κ1) is 14.9. The molecule has 0 saturated heterocycles. The number of carbonyl (C=O) groups is 1. The highest BCUT2D eigenvalue weighted by Crippen LogP contribution is 2.17. The molecule has 0 bridgehead atoms. The minimum atomic E-state index is -0.475. The van der Waals surface area contributed by atoms with Gasteiger partial charge in [0.15, 0.2) is 5.89 Å². The molecule has 0 unspecified atom stereocenters. The minimum absolute atomic E-state index is 0.179. The summed E-state index contributed by atoms with van der Waals surface area (Å²) in [5.74, 6) is 0.892. The van der Waals surface area contributed by atoms with Crippen molar-refractivity contribution in [3.63, 3.8) is 0 Å². The number of oxazole rings is 1. The summed E-state index contributed by atoms with van der Waals surface area (Å²) in [6, 6.07) is 4.93. The third-order valence-electron chi connectivity index (χ3n) is 3.16. The van der Waals surface area contributed by atoms with Crippen molar-refractivity contribution in [1.29, 1.82) is 0 Å². The summed E-state index contributed by atoms with van der Waals surface area (Å²) in [7, 11) is 0. The molecule has 23 heavy (non-hydrogen) atoms. The predicted molar refractivity (Wildman–Crippen MR) is 79.4 cm³/mol. The number of amides is 1. The molecular weight excluding hydrogens is 298 g/mol. The van der Waals surface area contributed by atoms with Crippen LogP contribution in [0.1, 0.15) is 41.0 Å². The Bertz CT molecular complexity index is 825. The van der Waals surface area contributed by atoms with Crippen LogP contribution in [0.5, 0.6) is 0 Å². The Hall–Kier alpha value is -3.03. The molecule has 3 rings (SSSR count). The zero-order chi connectivity index (χ0) is 16.4. The van der Waals surface area contributed by atoms with Gasteiger partial charge in [-0.05, 0) is 26.0 Å². The number of pyridine rings is 1. The molecular formula is C15H15N5O3. The van der Waals surface area contributed by atoms with Gasteiger partial charge in [0, 0.05) is 13.1 Å². The number of aryl methyl sites for hydroxylation is 2. The molecule has 3 heterocycles. The summed E-state index contributed by atoms with van der Waals surface area (Å²) in [6.07, 6.45) is 1.64. The minimum Gasteiger partial charge on any atom is -0.436 e. The van der Waals surface area contributed by atoms with Crippen LogP contribution in [-0.2, 0) is 0 Å². The summed E-state index contributed by atoms with van der Waals surface area (Å²) in [5.41, 5.74) is 1.13. The lowest BCUT2D eigenvalue weighted by Gasteiger charge is -2.07. The van der Waals surface area contributed by atoms with Crippen LogP contribution >= 0.6 is 0 Å². The molecule has 8 heteroatoms. The molecule has 0 aliphatic heterocycles. The highest BCUT2D eigenvalue weighted by Gasteiger charge is 2.22. The van der Waals surface area contributed by atoms with Crippen molar-refractivity contribution in [2.24, 2.45) is 0 Å². The average Bonchev–Trinajstić information content (AvgIpc) is 3.15. The van der Waals surface area contributed by atoms with Crippen molar-refractivity contribution >= 4 is 5.91 Å². The molecule has 3 aromatic rings. The summed E-state index contributed by atoms with van der Waals surface area (Å²) in [6.45, 7) is 5.14. The van der Waals surface area contributed by atoms with E-state index < -0.39 is 6.04 Å². The van der Waals surface area contributed by atoms with Gasteiger partial charge < -0.3 is 14.3 Å². The van der Waals surface area contributed by atoms with Crippen molar-refractivity contribution in [2.45, 2.75) is 26.8 Å². The Balaban J connectivity index is 1.74. The third-order valence-corrected chi connectivity index (χ3v) is 3.16. The van der Waals surface area contributed by atoms with Crippen molar-refractivity contribution < 1.29 is 13.7 Å². The molecule has 0 fully saturated rings. The Morgan fingerprint density at radius 3 is 2.74 bits per heavy atom. The summed E-state index contributed by atoms with van der Waals surface area (Å²) >= 11 is 0. The fourth-order valence-corrected chi connectivity index (χ4v) is 2.08. The van der Waals surface area contributed by atoms with Gasteiger partial charge in [-0.25, -0.2) is 4.98 Å². The van der Waals surface area contributed by atoms with Crippen LogP contribution in [0, 0.1) is 13.8 Å². The van der Waals surface area contributed by atoms with Crippen LogP contribution < -0.4 is 5.32 Å². The van der Waals surface area contributed by atoms with Gasteiger partial charge in [-0.15, -0.1) is 0 Å². The maximum atomic E-state index is 12.2. The molecule has 0 spiro atoms. The van der Waals surface area contributed by atoms with E-state index in [9.17, 15) is 4.79 Å². The van der Waals surface area contributed by atoms with Crippen LogP contribution in [0.25, 0.3) is 11.5 Å². The molecule has 0 radical (unpaired) electrons. The van der Waals surface area contributed by atoms with Crippen LogP contribution in [0.2, 0.25) is 0 Å². The van der Waals surface area contributed by atoms with E-state index >= 15 is 0 Å². The van der Waals surface area contributed by atoms with Gasteiger partial charge in [-0.2, -0.15) is 4.98 Å². The van der Waals surface area contributed by atoms with Gasteiger partial charge in [0.05, 0.1) is 5.69 Å². The number of nitrogens with zero attached hydrogens (tertiary/aromatic N) is 4. The third kappa shape index (κ3) is 3.10. The van der Waals surface area contributed by atoms with E-state index in [2.05, 4.69) is 25.4 Å². The van der Waals surface area contributed by atoms with Crippen molar-refractivity contribution in [1.82, 2.24) is 25.4 Å². The zero-order valence-corrected chi connectivity index (χ0v) is 12.9. The first-order chi connectivity index (χ1) is 11.0. The molecule has 1 N–H and O–H groups in total. The molecule has 0 aliphatic rings. The second-order valence-corrected chi connectivity index (χ2v) is 5.01. The molecule has 0 aromatic carbocycles. The molecule has 118 valence electrons. The number of hydrogen-bond acceptors (Lipinski definition) is 7. The van der Waals surface area contributed by atoms with Crippen molar-refractivity contribution in [3.8, 4) is 11.5 Å². The molecule has 3 aromatic heterocycles. The van der Waals surface area contributed by atoms with Crippen molar-refractivity contribution in [3.05, 3.63) is 47.6 Å². The van der Waals surface area contributed by atoms with Gasteiger partial charge in [-0.1, -0.05) is 11.2 Å². The summed E-state index contributed by atoms with van der Waals surface area (Å²) < 4.78 is 10.5. The fourth-order valence-electron chi connectivity index (χ4n) is 2.08. The van der Waals surface area contributed by atoms with Gasteiger partial charge >= 0.3 is 0 Å². The lowest BCUT2D eigenvalue weighted by atomic mass is 10.3. The van der Waals surface area contributed by atoms with Gasteiger partial charge in [0.1, 0.15) is 11.7 Å². The summed E-state index contributed by atoms with van der Waals surface area (Å²) in [5, 5.41) is 6.62. The first-order valence-corrected chi connectivity index (χ1v) is 7.04. The maximum Gasteiger partial charge on any atom is 0.289 e. The van der Waals surface area contributed by atoms with Gasteiger partial charge in [0.2, 0.25) is 17.5 Å². The van der Waals surface area contributed by atoms with Crippen LogP contribution in [-0.4, -0.2) is 26.0 Å². The van der Waals surface area contributed by atoms with Crippen LogP contribution in [0.4, 0.5) is 0 Å². The Labute approximate surface area is 132 Å². The Morgan fingerprint density at radius 1 is 1.26 bits per heavy atom. The normalized spacial score (nSPS) is 12.1. The van der Waals surface area contributed by atoms with Crippen LogP contribution in [0.3, 0.4) is 0 Å². The van der Waals surface area contributed by atoms with Crippen molar-refractivity contribution in [2.75, 3.05) is 0 Å². The smallest absolute Gasteiger partial charge is 0.289 e. The summed E-state index contributed by atoms with van der Waals surface area (Å²) in [4.78, 5) is 24.7. The largest absolute Gasteiger partial charge is 0.436 e. The van der Waals surface area contributed by atoms with E-state index in [4.69, 9.17) is 8.94 Å². The molecule has 8 nitrogen and oxygen atoms in total. The molecule has 0 saturated carbocycles. The fraction of sp³-hybridized carbons (Fsp3) is 0.267. The predicted octanol–water partition coefficient (Wildman–Crippen LogP) is 2.23. The topological polar surface area (TPSA) is 107 Å².